The largest absolute Gasteiger partial charge is 0.390 e. The van der Waals surface area contributed by atoms with E-state index in [2.05, 4.69) is 101 Å². The molecule has 32 heavy (non-hydrogen) atoms. The normalized spacial score (nSPS) is 18.0. The van der Waals surface area contributed by atoms with Gasteiger partial charge in [0, 0.05) is 46.0 Å². The van der Waals surface area contributed by atoms with Gasteiger partial charge in [0.25, 0.3) is 0 Å². The van der Waals surface area contributed by atoms with Crippen LogP contribution in [0.2, 0.25) is 0 Å². The van der Waals surface area contributed by atoms with Crippen molar-refractivity contribution in [1.82, 2.24) is 0 Å². The molecule has 0 saturated carbocycles. The molecule has 0 amide bonds. The highest BCUT2D eigenvalue weighted by atomic mass is 32.1. The van der Waals surface area contributed by atoms with Crippen molar-refractivity contribution in [2.75, 3.05) is 46.0 Å². The molecule has 0 saturated heterocycles. The molecular weight excluding hydrogens is 577 g/mol. The molecule has 0 aromatic heterocycles. The lowest BCUT2D eigenvalue weighted by molar-refractivity contribution is 0.0504. The van der Waals surface area contributed by atoms with Crippen LogP contribution in [0.15, 0.2) is 0 Å². The minimum absolute atomic E-state index is 0.279. The SMILES string of the molecule is O[C@@H](CS)[C@@H](O)CS.O[C@@H](CS)[C@@H](O)CS.O[C@@H](CS)[C@@H](O)CS.O[C@H](CS)[C@@H](O)CS. The van der Waals surface area contributed by atoms with Crippen LogP contribution >= 0.6 is 101 Å². The molecule has 0 aromatic rings. The fourth-order valence-corrected chi connectivity index (χ4v) is 2.92. The van der Waals surface area contributed by atoms with Gasteiger partial charge in [0.1, 0.15) is 0 Å². The minimum Gasteiger partial charge on any atom is -0.390 e. The number of aliphatic hydroxyl groups is 8. The molecule has 8 nitrogen and oxygen atoms in total. The Hall–Kier alpha value is 2.48. The summed E-state index contributed by atoms with van der Waals surface area (Å²) in [6, 6.07) is 0. The number of rotatable bonds is 12. The van der Waals surface area contributed by atoms with Crippen molar-refractivity contribution in [3.63, 3.8) is 0 Å². The maximum absolute atomic E-state index is 8.75. The molecule has 0 aliphatic rings. The van der Waals surface area contributed by atoms with Crippen LogP contribution in [0.1, 0.15) is 0 Å². The molecule has 0 unspecified atom stereocenters. The molecule has 0 aliphatic carbocycles. The standard InChI is InChI=1S/4C4H10O2S2/c4*5-3(1-7)4(6)2-8/h4*3-8H,1-2H2/t3-,4+;3*3-,4-/m.000/s1. The second-order valence-electron chi connectivity index (χ2n) is 6.00. The summed E-state index contributed by atoms with van der Waals surface area (Å²) in [5.41, 5.74) is 0. The summed E-state index contributed by atoms with van der Waals surface area (Å²) in [4.78, 5) is 0. The van der Waals surface area contributed by atoms with Crippen LogP contribution in [-0.2, 0) is 0 Å². The van der Waals surface area contributed by atoms with Gasteiger partial charge in [0.05, 0.1) is 48.8 Å². The summed E-state index contributed by atoms with van der Waals surface area (Å²) < 4.78 is 0. The molecule has 0 aromatic carbocycles. The third-order valence-electron chi connectivity index (χ3n) is 3.27. The van der Waals surface area contributed by atoms with Crippen LogP contribution in [0.3, 0.4) is 0 Å². The van der Waals surface area contributed by atoms with Crippen molar-refractivity contribution in [3.05, 3.63) is 0 Å². The zero-order chi connectivity index (χ0) is 26.3. The number of aliphatic hydroxyl groups excluding tert-OH is 8. The second kappa shape index (κ2) is 29.7. The molecule has 200 valence electrons. The molecule has 8 atom stereocenters. The Balaban J connectivity index is -0.000000163. The Morgan fingerprint density at radius 3 is 0.344 bits per heavy atom. The van der Waals surface area contributed by atoms with Gasteiger partial charge >= 0.3 is 0 Å². The quantitative estimate of drug-likeness (QED) is 0.115. The van der Waals surface area contributed by atoms with E-state index in [-0.39, 0.29) is 46.0 Å². The van der Waals surface area contributed by atoms with Gasteiger partial charge < -0.3 is 40.9 Å². The van der Waals surface area contributed by atoms with Crippen LogP contribution in [0.5, 0.6) is 0 Å². The van der Waals surface area contributed by atoms with Crippen molar-refractivity contribution >= 4 is 101 Å². The highest BCUT2D eigenvalue weighted by molar-refractivity contribution is 7.81. The van der Waals surface area contributed by atoms with E-state index in [9.17, 15) is 0 Å². The molecule has 0 radical (unpaired) electrons. The minimum atomic E-state index is -0.740. The van der Waals surface area contributed by atoms with Gasteiger partial charge in [-0.2, -0.15) is 101 Å². The number of hydrogen-bond acceptors (Lipinski definition) is 16. The van der Waals surface area contributed by atoms with Crippen LogP contribution in [0, 0.1) is 0 Å². The molecule has 0 fully saturated rings. The van der Waals surface area contributed by atoms with Crippen LogP contribution < -0.4 is 0 Å². The van der Waals surface area contributed by atoms with Crippen LogP contribution in [-0.4, -0.2) is 136 Å². The summed E-state index contributed by atoms with van der Waals surface area (Å²) in [5, 5.41) is 70.0. The number of hydrogen-bond donors (Lipinski definition) is 16. The zero-order valence-corrected chi connectivity index (χ0v) is 24.6. The Morgan fingerprint density at radius 1 is 0.250 bits per heavy atom. The van der Waals surface area contributed by atoms with E-state index in [0.29, 0.717) is 0 Å². The molecule has 0 heterocycles. The average Bonchev–Trinajstić information content (AvgIpc) is 2.85. The maximum atomic E-state index is 8.75. The summed E-state index contributed by atoms with van der Waals surface area (Å²) in [6.45, 7) is 0. The third-order valence-corrected chi connectivity index (χ3v) is 6.27. The van der Waals surface area contributed by atoms with Crippen molar-refractivity contribution in [1.29, 1.82) is 0 Å². The topological polar surface area (TPSA) is 162 Å². The van der Waals surface area contributed by atoms with Crippen LogP contribution in [0.25, 0.3) is 0 Å². The van der Waals surface area contributed by atoms with Crippen molar-refractivity contribution < 1.29 is 40.9 Å². The second-order valence-corrected chi connectivity index (χ2v) is 8.92. The lowest BCUT2D eigenvalue weighted by Crippen LogP contribution is -2.28. The first kappa shape index (κ1) is 41.6. The van der Waals surface area contributed by atoms with E-state index in [1.807, 2.05) is 0 Å². The summed E-state index contributed by atoms with van der Waals surface area (Å²) in [6.07, 6.45) is -5.92. The van der Waals surface area contributed by atoms with Gasteiger partial charge in [-0.05, 0) is 0 Å². The summed E-state index contributed by atoms with van der Waals surface area (Å²) in [7, 11) is 0. The predicted molar refractivity (Wildman–Crippen MR) is 159 cm³/mol. The monoisotopic (exact) mass is 616 g/mol. The van der Waals surface area contributed by atoms with Gasteiger partial charge in [0.2, 0.25) is 0 Å². The first-order valence-electron chi connectivity index (χ1n) is 9.19. The predicted octanol–water partition coefficient (Wildman–Crippen LogP) is -1.73. The highest BCUT2D eigenvalue weighted by Crippen LogP contribution is 1.98. The highest BCUT2D eigenvalue weighted by Gasteiger charge is 2.12. The van der Waals surface area contributed by atoms with E-state index in [4.69, 9.17) is 40.9 Å². The molecule has 0 spiro atoms. The van der Waals surface area contributed by atoms with Crippen molar-refractivity contribution in [3.8, 4) is 0 Å². The molecule has 0 rings (SSSR count). The first-order valence-corrected chi connectivity index (χ1v) is 14.3. The van der Waals surface area contributed by atoms with Gasteiger partial charge in [-0.25, -0.2) is 0 Å². The fraction of sp³-hybridized carbons (Fsp3) is 1.00. The van der Waals surface area contributed by atoms with E-state index in [1.54, 1.807) is 0 Å². The smallest absolute Gasteiger partial charge is 0.0894 e. The Labute approximate surface area is 235 Å². The van der Waals surface area contributed by atoms with Crippen molar-refractivity contribution in [2.45, 2.75) is 48.8 Å². The van der Waals surface area contributed by atoms with Gasteiger partial charge in [-0.15, -0.1) is 0 Å². The molecular formula is C16H40O8S8. The maximum Gasteiger partial charge on any atom is 0.0894 e. The van der Waals surface area contributed by atoms with E-state index in [1.165, 1.54) is 0 Å². The lowest BCUT2D eigenvalue weighted by Gasteiger charge is -2.11. The van der Waals surface area contributed by atoms with Gasteiger partial charge in [-0.1, -0.05) is 0 Å². The number of thiol groups is 8. The van der Waals surface area contributed by atoms with Crippen LogP contribution in [0.4, 0.5) is 0 Å². The van der Waals surface area contributed by atoms with E-state index in [0.717, 1.165) is 0 Å². The molecule has 0 bridgehead atoms. The summed E-state index contributed by atoms with van der Waals surface area (Å²) >= 11 is 30.1. The molecule has 16 heteroatoms. The lowest BCUT2D eigenvalue weighted by atomic mass is 10.3. The Morgan fingerprint density at radius 2 is 0.312 bits per heavy atom. The Bertz CT molecular complexity index is 272. The fourth-order valence-electron chi connectivity index (χ4n) is 0.973. The van der Waals surface area contributed by atoms with E-state index >= 15 is 0 Å². The zero-order valence-electron chi connectivity index (χ0n) is 17.4. The molecule has 8 N–H and O–H groups in total. The average molecular weight is 617 g/mol. The first-order chi connectivity index (χ1) is 14.9. The Kier molecular flexibility index (Phi) is 38.6. The van der Waals surface area contributed by atoms with Crippen molar-refractivity contribution in [2.24, 2.45) is 0 Å². The van der Waals surface area contributed by atoms with E-state index < -0.39 is 48.8 Å². The third kappa shape index (κ3) is 27.1. The van der Waals surface area contributed by atoms with Gasteiger partial charge in [-0.3, -0.25) is 0 Å². The van der Waals surface area contributed by atoms with Gasteiger partial charge in [0.15, 0.2) is 0 Å². The molecule has 0 aliphatic heterocycles. The summed E-state index contributed by atoms with van der Waals surface area (Å²) in [5.74, 6) is 2.24.